The molecule has 8 nitrogen and oxygen atoms in total. The van der Waals surface area contributed by atoms with E-state index in [4.69, 9.17) is 21.1 Å². The van der Waals surface area contributed by atoms with Gasteiger partial charge in [0.05, 0.1) is 38.1 Å². The minimum Gasteiger partial charge on any atom is -0.497 e. The van der Waals surface area contributed by atoms with E-state index in [1.54, 1.807) is 25.1 Å². The minimum atomic E-state index is -4.48. The highest BCUT2D eigenvalue weighted by molar-refractivity contribution is 6.28. The first-order chi connectivity index (χ1) is 18.6. The maximum atomic E-state index is 13.8. The van der Waals surface area contributed by atoms with Crippen molar-refractivity contribution in [2.45, 2.75) is 31.1 Å². The van der Waals surface area contributed by atoms with Crippen molar-refractivity contribution in [2.75, 3.05) is 44.5 Å². The lowest BCUT2D eigenvalue weighted by atomic mass is 9.77. The number of hydrogen-bond donors (Lipinski definition) is 2. The van der Waals surface area contributed by atoms with E-state index in [1.165, 1.54) is 0 Å². The summed E-state index contributed by atoms with van der Waals surface area (Å²) >= 11 is 6.18. The molecule has 1 saturated heterocycles. The number of carbonyl (C=O) groups is 1. The van der Waals surface area contributed by atoms with E-state index in [-0.39, 0.29) is 37.5 Å². The molecular weight excluding hydrogens is 535 g/mol. The summed E-state index contributed by atoms with van der Waals surface area (Å²) in [6, 6.07) is 11.2. The average Bonchev–Trinajstić information content (AvgIpc) is 2.90. The first-order valence-corrected chi connectivity index (χ1v) is 12.7. The third kappa shape index (κ3) is 5.33. The van der Waals surface area contributed by atoms with E-state index in [9.17, 15) is 18.0 Å². The molecule has 2 aliphatic heterocycles. The van der Waals surface area contributed by atoms with E-state index in [0.717, 1.165) is 17.7 Å². The fourth-order valence-electron chi connectivity index (χ4n) is 4.92. The van der Waals surface area contributed by atoms with Gasteiger partial charge in [0.2, 0.25) is 11.2 Å². The summed E-state index contributed by atoms with van der Waals surface area (Å²) in [5.74, 6) is 1.01. The zero-order valence-electron chi connectivity index (χ0n) is 21.4. The maximum Gasteiger partial charge on any atom is 0.416 e. The molecule has 0 spiro atoms. The number of anilines is 2. The maximum absolute atomic E-state index is 13.8. The second-order valence-corrected chi connectivity index (χ2v) is 9.90. The first-order valence-electron chi connectivity index (χ1n) is 12.3. The molecule has 3 heterocycles. The quantitative estimate of drug-likeness (QED) is 0.406. The summed E-state index contributed by atoms with van der Waals surface area (Å²) in [5.41, 5.74) is 1.43. The van der Waals surface area contributed by atoms with Crippen LogP contribution in [0.4, 0.5) is 24.7 Å². The van der Waals surface area contributed by atoms with E-state index >= 15 is 0 Å². The van der Waals surface area contributed by atoms with E-state index in [1.807, 2.05) is 24.3 Å². The van der Waals surface area contributed by atoms with Gasteiger partial charge in [0, 0.05) is 37.8 Å². The number of halogens is 4. The topological polar surface area (TPSA) is 88.6 Å². The molecule has 1 amide bonds. The molecule has 12 heteroatoms. The monoisotopic (exact) mass is 561 g/mol. The van der Waals surface area contributed by atoms with Crippen LogP contribution in [0.3, 0.4) is 0 Å². The van der Waals surface area contributed by atoms with Gasteiger partial charge in [-0.15, -0.1) is 0 Å². The molecule has 0 radical (unpaired) electrons. The molecule has 5 rings (SSSR count). The largest absolute Gasteiger partial charge is 0.497 e. The van der Waals surface area contributed by atoms with Crippen molar-refractivity contribution in [2.24, 2.45) is 0 Å². The molecule has 3 aromatic rings. The molecule has 1 fully saturated rings. The number of hydrogen-bond acceptors (Lipinski definition) is 7. The molecule has 39 heavy (non-hydrogen) atoms. The molecular formula is C27H27ClF3N5O3. The van der Waals surface area contributed by atoms with Crippen LogP contribution in [0.15, 0.2) is 42.5 Å². The van der Waals surface area contributed by atoms with Crippen LogP contribution in [-0.4, -0.2) is 54.7 Å². The summed E-state index contributed by atoms with van der Waals surface area (Å²) in [4.78, 5) is 24.3. The first kappa shape index (κ1) is 27.0. The second kappa shape index (κ2) is 10.5. The lowest BCUT2D eigenvalue weighted by molar-refractivity contribution is -0.157. The normalized spacial score (nSPS) is 16.2. The van der Waals surface area contributed by atoms with Gasteiger partial charge in [-0.3, -0.25) is 4.79 Å². The molecule has 2 aromatic carbocycles. The van der Waals surface area contributed by atoms with Gasteiger partial charge in [-0.05, 0) is 53.1 Å². The lowest BCUT2D eigenvalue weighted by Crippen LogP contribution is -2.59. The summed E-state index contributed by atoms with van der Waals surface area (Å²) in [6.07, 6.45) is -4.02. The summed E-state index contributed by atoms with van der Waals surface area (Å²) in [5, 5.41) is 5.91. The Morgan fingerprint density at radius 1 is 1.18 bits per heavy atom. The number of aromatic nitrogens is 2. The van der Waals surface area contributed by atoms with Gasteiger partial charge in [-0.2, -0.15) is 13.2 Å². The van der Waals surface area contributed by atoms with Crippen molar-refractivity contribution in [3.63, 3.8) is 0 Å². The van der Waals surface area contributed by atoms with Crippen LogP contribution in [0.1, 0.15) is 27.9 Å². The molecule has 0 saturated carbocycles. The van der Waals surface area contributed by atoms with Gasteiger partial charge >= 0.3 is 6.18 Å². The number of methoxy groups -OCH3 is 1. The third-order valence-electron chi connectivity index (χ3n) is 7.14. The van der Waals surface area contributed by atoms with Crippen LogP contribution in [0.5, 0.6) is 5.75 Å². The summed E-state index contributed by atoms with van der Waals surface area (Å²) < 4.78 is 50.9. The van der Waals surface area contributed by atoms with Gasteiger partial charge in [-0.25, -0.2) is 9.97 Å². The zero-order chi connectivity index (χ0) is 27.8. The standard InChI is InChI=1S/C27H27ClF3N5O3/c1-32-19-10-16(9-18(11-19)27(29,30)31)12-33-23-21-13-36(8-7-22(21)34-25(28)35-23)24(37)26(14-39-15-26)17-3-5-20(38-2)6-4-17/h3-6,9-11,32H,7-8,12-15H2,1-2H3,(H,33,34,35). The van der Waals surface area contributed by atoms with Crippen molar-refractivity contribution in [1.82, 2.24) is 14.9 Å². The fraction of sp³-hybridized carbons (Fsp3) is 0.370. The summed E-state index contributed by atoms with van der Waals surface area (Å²) in [6.45, 7) is 1.28. The van der Waals surface area contributed by atoms with E-state index in [0.29, 0.717) is 47.0 Å². The highest BCUT2D eigenvalue weighted by Crippen LogP contribution is 2.38. The Bertz CT molecular complexity index is 1380. The molecule has 2 aliphatic rings. The zero-order valence-corrected chi connectivity index (χ0v) is 22.1. The van der Waals surface area contributed by atoms with Crippen molar-refractivity contribution < 1.29 is 27.4 Å². The minimum absolute atomic E-state index is 0.0260. The van der Waals surface area contributed by atoms with Gasteiger partial charge in [0.1, 0.15) is 17.0 Å². The van der Waals surface area contributed by atoms with Gasteiger partial charge in [0.25, 0.3) is 0 Å². The number of ether oxygens (including phenoxy) is 2. The third-order valence-corrected chi connectivity index (χ3v) is 7.31. The van der Waals surface area contributed by atoms with Crippen molar-refractivity contribution in [3.8, 4) is 5.75 Å². The number of nitrogens with zero attached hydrogens (tertiary/aromatic N) is 3. The van der Waals surface area contributed by atoms with Crippen LogP contribution < -0.4 is 15.4 Å². The predicted octanol–water partition coefficient (Wildman–Crippen LogP) is 4.66. The number of carbonyl (C=O) groups excluding carboxylic acids is 1. The number of fused-ring (bicyclic) bond motifs is 1. The second-order valence-electron chi connectivity index (χ2n) is 9.57. The Kier molecular flexibility index (Phi) is 7.30. The van der Waals surface area contributed by atoms with Crippen molar-refractivity contribution >= 4 is 29.0 Å². The number of rotatable bonds is 7. The Hall–Kier alpha value is -3.57. The molecule has 0 aliphatic carbocycles. The molecule has 2 N–H and O–H groups in total. The van der Waals surface area contributed by atoms with Crippen molar-refractivity contribution in [3.05, 3.63) is 75.7 Å². The van der Waals surface area contributed by atoms with Gasteiger partial charge in [0.15, 0.2) is 0 Å². The van der Waals surface area contributed by atoms with Crippen LogP contribution in [0, 0.1) is 0 Å². The molecule has 0 bridgehead atoms. The van der Waals surface area contributed by atoms with Crippen LogP contribution in [0.2, 0.25) is 5.28 Å². The molecule has 0 atom stereocenters. The Morgan fingerprint density at radius 3 is 2.54 bits per heavy atom. The lowest BCUT2D eigenvalue weighted by Gasteiger charge is -2.44. The van der Waals surface area contributed by atoms with E-state index in [2.05, 4.69) is 20.6 Å². The average molecular weight is 562 g/mol. The predicted molar refractivity (Wildman–Crippen MR) is 140 cm³/mol. The molecule has 206 valence electrons. The van der Waals surface area contributed by atoms with Crippen molar-refractivity contribution in [1.29, 1.82) is 0 Å². The number of benzene rings is 2. The highest BCUT2D eigenvalue weighted by Gasteiger charge is 2.50. The number of alkyl halides is 3. The van der Waals surface area contributed by atoms with Crippen LogP contribution in [-0.2, 0) is 40.6 Å². The van der Waals surface area contributed by atoms with Crippen LogP contribution >= 0.6 is 11.6 Å². The number of amides is 1. The molecule has 1 aromatic heterocycles. The molecule has 0 unspecified atom stereocenters. The highest BCUT2D eigenvalue weighted by atomic mass is 35.5. The van der Waals surface area contributed by atoms with E-state index < -0.39 is 17.2 Å². The Balaban J connectivity index is 1.39. The summed E-state index contributed by atoms with van der Waals surface area (Å²) in [7, 11) is 3.14. The van der Waals surface area contributed by atoms with Crippen LogP contribution in [0.25, 0.3) is 0 Å². The Labute approximate surface area is 228 Å². The van der Waals surface area contributed by atoms with Gasteiger partial charge in [-0.1, -0.05) is 12.1 Å². The smallest absolute Gasteiger partial charge is 0.416 e. The SMILES string of the molecule is CNc1cc(CNc2nc(Cl)nc3c2CN(C(=O)C2(c4ccc(OC)cc4)COC2)CC3)cc(C(F)(F)F)c1. The Morgan fingerprint density at radius 2 is 1.92 bits per heavy atom. The van der Waals surface area contributed by atoms with Gasteiger partial charge < -0.3 is 25.0 Å². The fourth-order valence-corrected chi connectivity index (χ4v) is 5.11. The number of nitrogens with one attached hydrogen (secondary N) is 2.